The Morgan fingerprint density at radius 3 is 2.54 bits per heavy atom. The van der Waals surface area contributed by atoms with Crippen molar-refractivity contribution in [3.05, 3.63) is 34.3 Å². The van der Waals surface area contributed by atoms with Crippen molar-refractivity contribution in [3.8, 4) is 6.07 Å². The van der Waals surface area contributed by atoms with Gasteiger partial charge in [0.25, 0.3) is 0 Å². The predicted octanol–water partition coefficient (Wildman–Crippen LogP) is 3.34. The zero-order valence-corrected chi connectivity index (χ0v) is 16.2. The third-order valence-electron chi connectivity index (χ3n) is 3.74. The number of amides is 1. The summed E-state index contributed by atoms with van der Waals surface area (Å²) in [5.74, 6) is -1.28. The van der Waals surface area contributed by atoms with Crippen molar-refractivity contribution in [2.24, 2.45) is 5.73 Å². The highest BCUT2D eigenvalue weighted by atomic mass is 35.5. The summed E-state index contributed by atoms with van der Waals surface area (Å²) in [4.78, 5) is 20.8. The van der Waals surface area contributed by atoms with Gasteiger partial charge in [-0.2, -0.15) is 23.4 Å². The molecule has 7 nitrogen and oxygen atoms in total. The third kappa shape index (κ3) is 4.23. The van der Waals surface area contributed by atoms with Gasteiger partial charge in [0.05, 0.1) is 16.3 Å². The lowest BCUT2D eigenvalue weighted by Crippen LogP contribution is -2.41. The van der Waals surface area contributed by atoms with Crippen molar-refractivity contribution in [3.63, 3.8) is 0 Å². The maximum absolute atomic E-state index is 13.2. The summed E-state index contributed by atoms with van der Waals surface area (Å²) >= 11 is 7.21. The highest BCUT2D eigenvalue weighted by Crippen LogP contribution is 2.40. The molecule has 0 aliphatic rings. The van der Waals surface area contributed by atoms with Crippen LogP contribution in [0.15, 0.2) is 23.2 Å². The second kappa shape index (κ2) is 8.12. The van der Waals surface area contributed by atoms with Gasteiger partial charge in [-0.1, -0.05) is 11.6 Å². The van der Waals surface area contributed by atoms with E-state index in [4.69, 9.17) is 23.1 Å². The number of nitrogen functional groups attached to an aromatic ring is 1. The molecule has 1 atom stereocenters. The first-order chi connectivity index (χ1) is 13.0. The molecule has 0 aliphatic heterocycles. The molecule has 0 spiro atoms. The van der Waals surface area contributed by atoms with Gasteiger partial charge in [-0.25, -0.2) is 4.98 Å². The first-order valence-corrected chi connectivity index (χ1v) is 9.18. The molecule has 0 bridgehead atoms. The average Bonchev–Trinajstić information content (AvgIpc) is 2.61. The molecule has 4 N–H and O–H groups in total. The Labute approximate surface area is 167 Å². The monoisotopic (exact) mass is 430 g/mol. The SMILES string of the molecule is CSc1nc(N)nc(N(c2cc(C(F)(F)F)ccc2Cl)[C@@H](C)C(N)=O)c1C#N. The quantitative estimate of drug-likeness (QED) is 0.551. The normalized spacial score (nSPS) is 12.3. The van der Waals surface area contributed by atoms with Gasteiger partial charge in [0.1, 0.15) is 22.7 Å². The molecule has 1 aromatic carbocycles. The standard InChI is InChI=1S/C16H14ClF3N6OS/c1-7(12(22)27)26(11-5-8(16(18,19)20)3-4-10(11)17)13-9(6-21)14(28-2)25-15(23)24-13/h3-5,7H,1-2H3,(H2,22,27)(H2,23,24,25)/t7-/m0/s1. The number of halogens is 4. The van der Waals surface area contributed by atoms with Crippen LogP contribution in [0.25, 0.3) is 0 Å². The van der Waals surface area contributed by atoms with E-state index in [0.29, 0.717) is 0 Å². The van der Waals surface area contributed by atoms with E-state index in [1.807, 2.05) is 6.07 Å². The molecule has 28 heavy (non-hydrogen) atoms. The summed E-state index contributed by atoms with van der Waals surface area (Å²) in [5, 5.41) is 9.64. The largest absolute Gasteiger partial charge is 0.416 e. The van der Waals surface area contributed by atoms with Crippen molar-refractivity contribution in [2.75, 3.05) is 16.9 Å². The number of anilines is 3. The maximum Gasteiger partial charge on any atom is 0.416 e. The molecular formula is C16H14ClF3N6OS. The van der Waals surface area contributed by atoms with Gasteiger partial charge in [-0.3, -0.25) is 4.79 Å². The fourth-order valence-electron chi connectivity index (χ4n) is 2.37. The van der Waals surface area contributed by atoms with Crippen molar-refractivity contribution in [1.82, 2.24) is 9.97 Å². The Bertz CT molecular complexity index is 963. The van der Waals surface area contributed by atoms with Gasteiger partial charge >= 0.3 is 6.18 Å². The molecule has 1 amide bonds. The lowest BCUT2D eigenvalue weighted by Gasteiger charge is -2.30. The van der Waals surface area contributed by atoms with Gasteiger partial charge in [0, 0.05) is 0 Å². The van der Waals surface area contributed by atoms with E-state index in [9.17, 15) is 23.2 Å². The van der Waals surface area contributed by atoms with Crippen molar-refractivity contribution < 1.29 is 18.0 Å². The molecule has 1 aromatic heterocycles. The van der Waals surface area contributed by atoms with E-state index in [-0.39, 0.29) is 33.1 Å². The van der Waals surface area contributed by atoms with Crippen LogP contribution in [0, 0.1) is 11.3 Å². The topological polar surface area (TPSA) is 122 Å². The number of nitriles is 1. The van der Waals surface area contributed by atoms with E-state index in [1.165, 1.54) is 6.92 Å². The van der Waals surface area contributed by atoms with Crippen molar-refractivity contribution in [1.29, 1.82) is 5.26 Å². The van der Waals surface area contributed by atoms with Gasteiger partial charge < -0.3 is 16.4 Å². The first-order valence-electron chi connectivity index (χ1n) is 7.58. The summed E-state index contributed by atoms with van der Waals surface area (Å²) < 4.78 is 39.6. The highest BCUT2D eigenvalue weighted by Gasteiger charge is 2.34. The summed E-state index contributed by atoms with van der Waals surface area (Å²) in [6, 6.07) is 3.27. The number of aromatic nitrogens is 2. The predicted molar refractivity (Wildman–Crippen MR) is 100 cm³/mol. The Morgan fingerprint density at radius 1 is 1.39 bits per heavy atom. The molecule has 0 unspecified atom stereocenters. The van der Waals surface area contributed by atoms with Gasteiger partial charge in [-0.15, -0.1) is 11.8 Å². The van der Waals surface area contributed by atoms with Crippen LogP contribution in [0.4, 0.5) is 30.6 Å². The average molecular weight is 431 g/mol. The van der Waals surface area contributed by atoms with Crippen LogP contribution in [-0.4, -0.2) is 28.2 Å². The lowest BCUT2D eigenvalue weighted by molar-refractivity contribution is -0.137. The van der Waals surface area contributed by atoms with E-state index >= 15 is 0 Å². The number of nitrogens with two attached hydrogens (primary N) is 2. The lowest BCUT2D eigenvalue weighted by atomic mass is 10.1. The summed E-state index contributed by atoms with van der Waals surface area (Å²) in [7, 11) is 0. The molecule has 2 aromatic rings. The number of rotatable bonds is 5. The smallest absolute Gasteiger partial charge is 0.368 e. The number of alkyl halides is 3. The number of benzene rings is 1. The van der Waals surface area contributed by atoms with Crippen LogP contribution in [0.3, 0.4) is 0 Å². The molecule has 0 saturated heterocycles. The Hall–Kier alpha value is -2.71. The van der Waals surface area contributed by atoms with Crippen LogP contribution in [0.2, 0.25) is 5.02 Å². The molecule has 0 fully saturated rings. The Morgan fingerprint density at radius 2 is 2.04 bits per heavy atom. The minimum absolute atomic E-state index is 0.0803. The second-order valence-electron chi connectivity index (χ2n) is 5.51. The number of nitrogens with zero attached hydrogens (tertiary/aromatic N) is 4. The van der Waals surface area contributed by atoms with Crippen LogP contribution in [0.5, 0.6) is 0 Å². The third-order valence-corrected chi connectivity index (χ3v) is 4.74. The van der Waals surface area contributed by atoms with Crippen LogP contribution < -0.4 is 16.4 Å². The van der Waals surface area contributed by atoms with Gasteiger partial charge in [-0.05, 0) is 31.4 Å². The molecule has 0 saturated carbocycles. The second-order valence-corrected chi connectivity index (χ2v) is 6.72. The number of carbonyl (C=O) groups is 1. The van der Waals surface area contributed by atoms with Crippen LogP contribution >= 0.6 is 23.4 Å². The van der Waals surface area contributed by atoms with Crippen molar-refractivity contribution >= 4 is 46.7 Å². The molecular weight excluding hydrogens is 417 g/mol. The summed E-state index contributed by atoms with van der Waals surface area (Å²) in [5.41, 5.74) is 9.78. The fourth-order valence-corrected chi connectivity index (χ4v) is 3.11. The van der Waals surface area contributed by atoms with E-state index < -0.39 is 23.7 Å². The van der Waals surface area contributed by atoms with E-state index in [2.05, 4.69) is 9.97 Å². The van der Waals surface area contributed by atoms with Crippen LogP contribution in [-0.2, 0) is 11.0 Å². The first kappa shape index (κ1) is 21.6. The minimum Gasteiger partial charge on any atom is -0.368 e. The Kier molecular flexibility index (Phi) is 6.26. The molecule has 1 heterocycles. The number of primary amides is 1. The zero-order chi connectivity index (χ0) is 21.2. The minimum atomic E-state index is -4.66. The van der Waals surface area contributed by atoms with E-state index in [0.717, 1.165) is 34.9 Å². The van der Waals surface area contributed by atoms with Crippen LogP contribution in [0.1, 0.15) is 18.1 Å². The highest BCUT2D eigenvalue weighted by molar-refractivity contribution is 7.98. The number of hydrogen-bond acceptors (Lipinski definition) is 7. The molecule has 12 heteroatoms. The number of carbonyl (C=O) groups excluding carboxylic acids is 1. The van der Waals surface area contributed by atoms with E-state index in [1.54, 1.807) is 6.26 Å². The van der Waals surface area contributed by atoms with Gasteiger partial charge in [0.15, 0.2) is 5.82 Å². The molecule has 0 aliphatic carbocycles. The summed E-state index contributed by atoms with van der Waals surface area (Å²) in [6.45, 7) is 1.34. The Balaban J connectivity index is 2.86. The number of thioether (sulfide) groups is 1. The van der Waals surface area contributed by atoms with Crippen molar-refractivity contribution in [2.45, 2.75) is 24.2 Å². The molecule has 0 radical (unpaired) electrons. The fraction of sp³-hybridized carbons (Fsp3) is 0.250. The van der Waals surface area contributed by atoms with Gasteiger partial charge in [0.2, 0.25) is 11.9 Å². The molecule has 2 rings (SSSR count). The maximum atomic E-state index is 13.2. The number of hydrogen-bond donors (Lipinski definition) is 2. The zero-order valence-electron chi connectivity index (χ0n) is 14.6. The summed E-state index contributed by atoms with van der Waals surface area (Å²) in [6.07, 6.45) is -3.03. The molecule has 148 valence electrons.